The zero-order chi connectivity index (χ0) is 7.84. The van der Waals surface area contributed by atoms with Crippen molar-refractivity contribution in [1.29, 1.82) is 0 Å². The second kappa shape index (κ2) is 2.48. The summed E-state index contributed by atoms with van der Waals surface area (Å²) in [5.74, 6) is 0.795. The van der Waals surface area contributed by atoms with Gasteiger partial charge >= 0.3 is 0 Å². The van der Waals surface area contributed by atoms with Gasteiger partial charge in [-0.25, -0.2) is 0 Å². The molecule has 0 spiro atoms. The fourth-order valence-electron chi connectivity index (χ4n) is 1.46. The molecule has 60 valence electrons. The van der Waals surface area contributed by atoms with Crippen LogP contribution in [0.1, 0.15) is 25.8 Å². The quantitative estimate of drug-likeness (QED) is 0.681. The Hall–Kier alpha value is -0.570. The molecule has 0 N–H and O–H groups in total. The molecule has 0 aromatic carbocycles. The predicted octanol–water partition coefficient (Wildman–Crippen LogP) is 1.90. The van der Waals surface area contributed by atoms with E-state index in [1.165, 1.54) is 12.8 Å². The van der Waals surface area contributed by atoms with Crippen molar-refractivity contribution in [1.82, 2.24) is 14.8 Å². The molecule has 1 fully saturated rings. The molecule has 1 heterocycles. The first-order chi connectivity index (χ1) is 5.33. The van der Waals surface area contributed by atoms with Crippen molar-refractivity contribution in [3.05, 3.63) is 11.6 Å². The standard InChI is InChI=1S/C7H10ClN3/c1-2-5-3-6(5)11-4-9-10-7(11)8/h4-6H,2-3H2,1H3. The summed E-state index contributed by atoms with van der Waals surface area (Å²) >= 11 is 5.79. The molecule has 2 atom stereocenters. The lowest BCUT2D eigenvalue weighted by molar-refractivity contribution is 0.639. The second-order valence-corrected chi connectivity index (χ2v) is 3.32. The molecule has 0 saturated heterocycles. The first-order valence-corrected chi connectivity index (χ1v) is 4.25. The van der Waals surface area contributed by atoms with Gasteiger partial charge in [-0.1, -0.05) is 13.3 Å². The van der Waals surface area contributed by atoms with Crippen LogP contribution < -0.4 is 0 Å². The van der Waals surface area contributed by atoms with Gasteiger partial charge < -0.3 is 4.57 Å². The van der Waals surface area contributed by atoms with Crippen molar-refractivity contribution in [2.75, 3.05) is 0 Å². The third kappa shape index (κ3) is 1.13. The molecule has 2 unspecified atom stereocenters. The van der Waals surface area contributed by atoms with Crippen molar-refractivity contribution in [2.24, 2.45) is 5.92 Å². The third-order valence-corrected chi connectivity index (χ3v) is 2.57. The Morgan fingerprint density at radius 1 is 1.82 bits per heavy atom. The van der Waals surface area contributed by atoms with E-state index in [2.05, 4.69) is 17.1 Å². The molecular weight excluding hydrogens is 162 g/mol. The third-order valence-electron chi connectivity index (χ3n) is 2.30. The Morgan fingerprint density at radius 3 is 3.09 bits per heavy atom. The fourth-order valence-corrected chi connectivity index (χ4v) is 1.67. The molecule has 3 nitrogen and oxygen atoms in total. The van der Waals surface area contributed by atoms with Crippen LogP contribution in [0.2, 0.25) is 5.28 Å². The summed E-state index contributed by atoms with van der Waals surface area (Å²) in [6, 6.07) is 0.572. The summed E-state index contributed by atoms with van der Waals surface area (Å²) in [6.45, 7) is 2.20. The van der Waals surface area contributed by atoms with Crippen molar-refractivity contribution < 1.29 is 0 Å². The van der Waals surface area contributed by atoms with E-state index in [0.717, 1.165) is 5.92 Å². The van der Waals surface area contributed by atoms with Crippen LogP contribution in [0.25, 0.3) is 0 Å². The van der Waals surface area contributed by atoms with E-state index in [1.54, 1.807) is 6.33 Å². The maximum Gasteiger partial charge on any atom is 0.225 e. The highest BCUT2D eigenvalue weighted by Gasteiger charge is 2.37. The van der Waals surface area contributed by atoms with Crippen LogP contribution in [0.5, 0.6) is 0 Å². The predicted molar refractivity (Wildman–Crippen MR) is 42.5 cm³/mol. The smallest absolute Gasteiger partial charge is 0.225 e. The summed E-state index contributed by atoms with van der Waals surface area (Å²) in [6.07, 6.45) is 4.16. The highest BCUT2D eigenvalue weighted by molar-refractivity contribution is 6.28. The van der Waals surface area contributed by atoms with Crippen LogP contribution >= 0.6 is 11.6 Å². The Balaban J connectivity index is 2.14. The van der Waals surface area contributed by atoms with Gasteiger partial charge in [0.15, 0.2) is 0 Å². The number of aromatic nitrogens is 3. The van der Waals surface area contributed by atoms with Gasteiger partial charge in [0.1, 0.15) is 6.33 Å². The second-order valence-electron chi connectivity index (χ2n) is 2.98. The number of rotatable bonds is 2. The van der Waals surface area contributed by atoms with Crippen molar-refractivity contribution >= 4 is 11.6 Å². The molecule has 1 aliphatic rings. The highest BCUT2D eigenvalue weighted by Crippen LogP contribution is 2.46. The number of hydrogen-bond donors (Lipinski definition) is 0. The molecule has 1 aromatic heterocycles. The van der Waals surface area contributed by atoms with E-state index >= 15 is 0 Å². The summed E-state index contributed by atoms with van der Waals surface area (Å²) < 4.78 is 1.95. The molecule has 0 aliphatic heterocycles. The lowest BCUT2D eigenvalue weighted by Crippen LogP contribution is -1.93. The maximum absolute atomic E-state index is 5.79. The van der Waals surface area contributed by atoms with Gasteiger partial charge in [0, 0.05) is 6.04 Å². The maximum atomic E-state index is 5.79. The first-order valence-electron chi connectivity index (χ1n) is 3.88. The summed E-state index contributed by atoms with van der Waals surface area (Å²) in [5, 5.41) is 7.98. The van der Waals surface area contributed by atoms with E-state index in [0.29, 0.717) is 11.3 Å². The molecule has 4 heteroatoms. The number of halogens is 1. The van der Waals surface area contributed by atoms with E-state index in [-0.39, 0.29) is 0 Å². The van der Waals surface area contributed by atoms with Crippen LogP contribution in [0.3, 0.4) is 0 Å². The van der Waals surface area contributed by atoms with Crippen LogP contribution in [-0.4, -0.2) is 14.8 Å². The minimum Gasteiger partial charge on any atom is -0.301 e. The van der Waals surface area contributed by atoms with E-state index < -0.39 is 0 Å². The van der Waals surface area contributed by atoms with Gasteiger partial charge in [0.05, 0.1) is 0 Å². The average Bonchev–Trinajstić information content (AvgIpc) is 2.68. The van der Waals surface area contributed by atoms with Gasteiger partial charge in [-0.05, 0) is 23.9 Å². The molecule has 11 heavy (non-hydrogen) atoms. The van der Waals surface area contributed by atoms with Gasteiger partial charge in [-0.2, -0.15) is 0 Å². The highest BCUT2D eigenvalue weighted by atomic mass is 35.5. The van der Waals surface area contributed by atoms with Gasteiger partial charge in [0.2, 0.25) is 5.28 Å². The van der Waals surface area contributed by atoms with E-state index in [9.17, 15) is 0 Å². The molecular formula is C7H10ClN3. The Kier molecular flexibility index (Phi) is 1.60. The molecule has 0 radical (unpaired) electrons. The zero-order valence-corrected chi connectivity index (χ0v) is 7.12. The van der Waals surface area contributed by atoms with E-state index in [4.69, 9.17) is 11.6 Å². The zero-order valence-electron chi connectivity index (χ0n) is 6.37. The van der Waals surface area contributed by atoms with Gasteiger partial charge in [-0.3, -0.25) is 0 Å². The lowest BCUT2D eigenvalue weighted by atomic mass is 10.3. The Morgan fingerprint density at radius 2 is 2.64 bits per heavy atom. The minimum absolute atomic E-state index is 0.519. The Labute approximate surface area is 70.4 Å². The summed E-state index contributed by atoms with van der Waals surface area (Å²) in [4.78, 5) is 0. The molecule has 0 bridgehead atoms. The first kappa shape index (κ1) is 7.10. The van der Waals surface area contributed by atoms with Gasteiger partial charge in [0.25, 0.3) is 0 Å². The number of hydrogen-bond acceptors (Lipinski definition) is 2. The van der Waals surface area contributed by atoms with E-state index in [1.807, 2.05) is 4.57 Å². The monoisotopic (exact) mass is 171 g/mol. The van der Waals surface area contributed by atoms with Crippen LogP contribution in [-0.2, 0) is 0 Å². The van der Waals surface area contributed by atoms with Crippen molar-refractivity contribution in [3.8, 4) is 0 Å². The lowest BCUT2D eigenvalue weighted by Gasteiger charge is -1.98. The molecule has 1 aromatic rings. The Bertz CT molecular complexity index is 258. The minimum atomic E-state index is 0.519. The normalized spacial score (nSPS) is 28.9. The summed E-state index contributed by atoms with van der Waals surface area (Å²) in [7, 11) is 0. The molecule has 1 saturated carbocycles. The average molecular weight is 172 g/mol. The van der Waals surface area contributed by atoms with Crippen molar-refractivity contribution in [3.63, 3.8) is 0 Å². The van der Waals surface area contributed by atoms with Gasteiger partial charge in [-0.15, -0.1) is 10.2 Å². The fraction of sp³-hybridized carbons (Fsp3) is 0.714. The van der Waals surface area contributed by atoms with Crippen LogP contribution in [0.4, 0.5) is 0 Å². The largest absolute Gasteiger partial charge is 0.301 e. The SMILES string of the molecule is CCC1CC1n1cnnc1Cl. The molecule has 0 amide bonds. The summed E-state index contributed by atoms with van der Waals surface area (Å²) in [5.41, 5.74) is 0. The van der Waals surface area contributed by atoms with Crippen LogP contribution in [0, 0.1) is 5.92 Å². The number of nitrogens with zero attached hydrogens (tertiary/aromatic N) is 3. The molecule has 2 rings (SSSR count). The molecule has 1 aliphatic carbocycles. The topological polar surface area (TPSA) is 30.7 Å². The van der Waals surface area contributed by atoms with Crippen LogP contribution in [0.15, 0.2) is 6.33 Å². The van der Waals surface area contributed by atoms with Crippen molar-refractivity contribution in [2.45, 2.75) is 25.8 Å².